The third-order valence-electron chi connectivity index (χ3n) is 4.27. The van der Waals surface area contributed by atoms with E-state index in [-0.39, 0.29) is 5.54 Å². The maximum Gasteiger partial charge on any atom is 0.157 e. The number of Topliss-reactive ketones (excluding diaryl/α,β-unsaturated/α-hetero) is 1. The quantitative estimate of drug-likeness (QED) is 0.901. The summed E-state index contributed by atoms with van der Waals surface area (Å²) in [5.74, 6) is 0.788. The number of carbonyl (C=O) groups excluding carboxylic acids is 1. The summed E-state index contributed by atoms with van der Waals surface area (Å²) < 4.78 is 0. The number of nitrogen functional groups attached to an aromatic ring is 1. The Labute approximate surface area is 115 Å². The van der Waals surface area contributed by atoms with E-state index in [1.807, 2.05) is 20.2 Å². The van der Waals surface area contributed by atoms with E-state index >= 15 is 0 Å². The van der Waals surface area contributed by atoms with Gasteiger partial charge in [0.2, 0.25) is 0 Å². The van der Waals surface area contributed by atoms with Crippen LogP contribution < -0.4 is 5.73 Å². The van der Waals surface area contributed by atoms with E-state index < -0.39 is 0 Å². The van der Waals surface area contributed by atoms with Crippen molar-refractivity contribution in [2.75, 3.05) is 19.8 Å². The highest BCUT2D eigenvalue weighted by molar-refractivity contribution is 5.90. The van der Waals surface area contributed by atoms with Crippen molar-refractivity contribution in [1.29, 1.82) is 0 Å². The zero-order chi connectivity index (χ0) is 13.9. The predicted octanol–water partition coefficient (Wildman–Crippen LogP) is 2.04. The molecule has 0 aliphatic heterocycles. The molecule has 0 unspecified atom stereocenters. The third kappa shape index (κ3) is 2.95. The molecule has 0 spiro atoms. The van der Waals surface area contributed by atoms with Crippen molar-refractivity contribution in [3.8, 4) is 0 Å². The van der Waals surface area contributed by atoms with Crippen LogP contribution in [0.4, 0.5) is 5.82 Å². The summed E-state index contributed by atoms with van der Waals surface area (Å²) in [6.45, 7) is 0. The number of hydrogen-bond donors (Lipinski definition) is 1. The molecule has 1 aliphatic rings. The Hall–Kier alpha value is -1.42. The molecule has 0 amide bonds. The monoisotopic (exact) mass is 261 g/mol. The fraction of sp³-hybridized carbons (Fsp3) is 0.600. The molecule has 4 nitrogen and oxygen atoms in total. The Balaban J connectivity index is 2.16. The smallest absolute Gasteiger partial charge is 0.157 e. The number of likely N-dealkylation sites (N-methyl/N-ethyl adjacent to an activating group) is 1. The van der Waals surface area contributed by atoms with Crippen molar-refractivity contribution >= 4 is 11.6 Å². The molecule has 0 bridgehead atoms. The van der Waals surface area contributed by atoms with Gasteiger partial charge < -0.3 is 5.73 Å². The van der Waals surface area contributed by atoms with Crippen LogP contribution in [0.15, 0.2) is 18.3 Å². The van der Waals surface area contributed by atoms with Crippen LogP contribution in [0.25, 0.3) is 0 Å². The van der Waals surface area contributed by atoms with E-state index in [0.717, 1.165) is 31.2 Å². The molecule has 1 aromatic heterocycles. The Kier molecular flexibility index (Phi) is 4.20. The molecular weight excluding hydrogens is 238 g/mol. The normalized spacial score (nSPS) is 18.5. The van der Waals surface area contributed by atoms with Crippen LogP contribution in [0.5, 0.6) is 0 Å². The van der Waals surface area contributed by atoms with Crippen molar-refractivity contribution in [3.63, 3.8) is 0 Å². The summed E-state index contributed by atoms with van der Waals surface area (Å²) >= 11 is 0. The Morgan fingerprint density at radius 2 is 2.05 bits per heavy atom. The maximum absolute atomic E-state index is 12.7. The molecule has 0 atom stereocenters. The van der Waals surface area contributed by atoms with Crippen LogP contribution in [0.3, 0.4) is 0 Å². The molecule has 1 aromatic rings. The second-order valence-corrected chi connectivity index (χ2v) is 5.68. The van der Waals surface area contributed by atoms with Crippen molar-refractivity contribution in [2.24, 2.45) is 0 Å². The second kappa shape index (κ2) is 5.70. The van der Waals surface area contributed by atoms with E-state index in [9.17, 15) is 4.79 Å². The van der Waals surface area contributed by atoms with E-state index in [2.05, 4.69) is 9.88 Å². The van der Waals surface area contributed by atoms with Crippen LogP contribution in [-0.2, 0) is 11.2 Å². The van der Waals surface area contributed by atoms with Gasteiger partial charge in [0.25, 0.3) is 0 Å². The number of hydrogen-bond acceptors (Lipinski definition) is 4. The molecular formula is C15H23N3O. The molecule has 0 aromatic carbocycles. The first-order chi connectivity index (χ1) is 9.04. The van der Waals surface area contributed by atoms with Gasteiger partial charge >= 0.3 is 0 Å². The van der Waals surface area contributed by atoms with Crippen LogP contribution in [0.2, 0.25) is 0 Å². The number of aromatic nitrogens is 1. The van der Waals surface area contributed by atoms with Crippen molar-refractivity contribution < 1.29 is 4.79 Å². The lowest BCUT2D eigenvalue weighted by Gasteiger charge is -2.41. The highest BCUT2D eigenvalue weighted by Gasteiger charge is 2.40. The first-order valence-corrected chi connectivity index (χ1v) is 6.96. The van der Waals surface area contributed by atoms with Gasteiger partial charge in [0.15, 0.2) is 5.78 Å². The number of nitrogens with two attached hydrogens (primary N) is 1. The topological polar surface area (TPSA) is 59.2 Å². The van der Waals surface area contributed by atoms with Crippen LogP contribution in [-0.4, -0.2) is 35.3 Å². The van der Waals surface area contributed by atoms with Gasteiger partial charge in [-0.05, 0) is 44.6 Å². The van der Waals surface area contributed by atoms with Gasteiger partial charge in [-0.2, -0.15) is 0 Å². The predicted molar refractivity (Wildman–Crippen MR) is 76.9 cm³/mol. The minimum Gasteiger partial charge on any atom is -0.384 e. The number of anilines is 1. The lowest BCUT2D eigenvalue weighted by atomic mass is 9.76. The Morgan fingerprint density at radius 3 is 2.63 bits per heavy atom. The van der Waals surface area contributed by atoms with Crippen LogP contribution in [0.1, 0.15) is 37.7 Å². The van der Waals surface area contributed by atoms with Gasteiger partial charge in [-0.1, -0.05) is 19.3 Å². The largest absolute Gasteiger partial charge is 0.384 e. The highest BCUT2D eigenvalue weighted by Crippen LogP contribution is 2.34. The summed E-state index contributed by atoms with van der Waals surface area (Å²) in [7, 11) is 4.04. The van der Waals surface area contributed by atoms with Crippen molar-refractivity contribution in [3.05, 3.63) is 23.9 Å². The van der Waals surface area contributed by atoms with Crippen LogP contribution in [0, 0.1) is 0 Å². The highest BCUT2D eigenvalue weighted by atomic mass is 16.1. The average molecular weight is 261 g/mol. The Bertz CT molecular complexity index is 450. The zero-order valence-electron chi connectivity index (χ0n) is 11.9. The summed E-state index contributed by atoms with van der Waals surface area (Å²) in [4.78, 5) is 18.8. The first kappa shape index (κ1) is 14.0. The molecule has 1 fully saturated rings. The first-order valence-electron chi connectivity index (χ1n) is 6.96. The van der Waals surface area contributed by atoms with E-state index in [1.165, 1.54) is 6.42 Å². The standard InChI is InChI=1S/C15H23N3O/c1-18(2)15(7-4-3-5-8-15)13(19)10-12-6-9-17-14(16)11-12/h6,9,11H,3-5,7-8,10H2,1-2H3,(H2,16,17). The van der Waals surface area contributed by atoms with Gasteiger partial charge in [0, 0.05) is 12.6 Å². The summed E-state index contributed by atoms with van der Waals surface area (Å²) in [6.07, 6.45) is 7.58. The lowest BCUT2D eigenvalue weighted by Crippen LogP contribution is -2.53. The zero-order valence-corrected chi connectivity index (χ0v) is 11.9. The molecule has 2 N–H and O–H groups in total. The number of rotatable bonds is 4. The molecule has 1 heterocycles. The summed E-state index contributed by atoms with van der Waals surface area (Å²) in [5, 5.41) is 0. The number of ketones is 1. The van der Waals surface area contributed by atoms with E-state index in [4.69, 9.17) is 5.73 Å². The third-order valence-corrected chi connectivity index (χ3v) is 4.27. The fourth-order valence-corrected chi connectivity index (χ4v) is 3.07. The van der Waals surface area contributed by atoms with Crippen LogP contribution >= 0.6 is 0 Å². The van der Waals surface area contributed by atoms with Gasteiger partial charge in [-0.15, -0.1) is 0 Å². The van der Waals surface area contributed by atoms with Gasteiger partial charge in [-0.25, -0.2) is 4.98 Å². The molecule has 0 saturated heterocycles. The lowest BCUT2D eigenvalue weighted by molar-refractivity contribution is -0.131. The molecule has 0 radical (unpaired) electrons. The number of nitrogens with zero attached hydrogens (tertiary/aromatic N) is 2. The summed E-state index contributed by atoms with van der Waals surface area (Å²) in [5.41, 5.74) is 6.35. The summed E-state index contributed by atoms with van der Waals surface area (Å²) in [6, 6.07) is 3.67. The molecule has 1 saturated carbocycles. The van der Waals surface area contributed by atoms with Gasteiger partial charge in [0.05, 0.1) is 5.54 Å². The minimum absolute atomic E-state index is 0.281. The molecule has 4 heteroatoms. The van der Waals surface area contributed by atoms with Gasteiger partial charge in [0.1, 0.15) is 5.82 Å². The van der Waals surface area contributed by atoms with E-state index in [0.29, 0.717) is 18.0 Å². The fourth-order valence-electron chi connectivity index (χ4n) is 3.07. The minimum atomic E-state index is -0.281. The number of carbonyl (C=O) groups is 1. The average Bonchev–Trinajstić information content (AvgIpc) is 2.39. The molecule has 2 rings (SSSR count). The van der Waals surface area contributed by atoms with Crippen molar-refractivity contribution in [2.45, 2.75) is 44.1 Å². The van der Waals surface area contributed by atoms with Gasteiger partial charge in [-0.3, -0.25) is 9.69 Å². The van der Waals surface area contributed by atoms with E-state index in [1.54, 1.807) is 12.3 Å². The van der Waals surface area contributed by atoms with Crippen molar-refractivity contribution in [1.82, 2.24) is 9.88 Å². The molecule has 19 heavy (non-hydrogen) atoms. The molecule has 104 valence electrons. The second-order valence-electron chi connectivity index (χ2n) is 5.68. The molecule has 1 aliphatic carbocycles. The maximum atomic E-state index is 12.7. The Morgan fingerprint density at radius 1 is 1.37 bits per heavy atom. The SMILES string of the molecule is CN(C)C1(C(=O)Cc2ccnc(N)c2)CCCCC1. The number of pyridine rings is 1.